The number of nitrogens with one attached hydrogen (secondary N) is 2. The van der Waals surface area contributed by atoms with Gasteiger partial charge in [-0.05, 0) is 49.7 Å². The Morgan fingerprint density at radius 2 is 1.85 bits per heavy atom. The van der Waals surface area contributed by atoms with Crippen molar-refractivity contribution in [1.82, 2.24) is 0 Å². The van der Waals surface area contributed by atoms with Gasteiger partial charge in [-0.25, -0.2) is 0 Å². The highest BCUT2D eigenvalue weighted by molar-refractivity contribution is 6.35. The largest absolute Gasteiger partial charge is 0.479 e. The number of hydrogen-bond donors (Lipinski definition) is 2. The standard InChI is InChI=1S/C19H20Cl2N2O3/c1-4-18(24)23-16-10-14(7-5-11(16)2)22-19(25)12(3)26-17-8-6-13(20)9-15(17)21/h5-10,12H,4H2,1-3H3,(H,22,25)(H,23,24). The van der Waals surface area contributed by atoms with Gasteiger partial charge < -0.3 is 15.4 Å². The second kappa shape index (κ2) is 8.92. The molecule has 0 aliphatic rings. The van der Waals surface area contributed by atoms with Crippen LogP contribution in [0.25, 0.3) is 0 Å². The molecular formula is C19H20Cl2N2O3. The fraction of sp³-hybridized carbons (Fsp3) is 0.263. The number of aryl methyl sites for hydroxylation is 1. The quantitative estimate of drug-likeness (QED) is 0.719. The molecule has 0 aromatic heterocycles. The number of benzene rings is 2. The van der Waals surface area contributed by atoms with Crippen LogP contribution in [0, 0.1) is 6.92 Å². The van der Waals surface area contributed by atoms with Gasteiger partial charge in [0.05, 0.1) is 5.02 Å². The number of rotatable bonds is 6. The number of halogens is 2. The van der Waals surface area contributed by atoms with Gasteiger partial charge in [0.25, 0.3) is 5.91 Å². The Kier molecular flexibility index (Phi) is 6.89. The molecule has 7 heteroatoms. The van der Waals surface area contributed by atoms with Crippen molar-refractivity contribution in [3.05, 3.63) is 52.0 Å². The van der Waals surface area contributed by atoms with Crippen LogP contribution >= 0.6 is 23.2 Å². The van der Waals surface area contributed by atoms with Crippen LogP contribution in [0.2, 0.25) is 10.0 Å². The van der Waals surface area contributed by atoms with Gasteiger partial charge in [-0.15, -0.1) is 0 Å². The van der Waals surface area contributed by atoms with E-state index in [9.17, 15) is 9.59 Å². The predicted octanol–water partition coefficient (Wildman–Crippen LogP) is 5.06. The number of amides is 2. The van der Waals surface area contributed by atoms with Gasteiger partial charge in [-0.1, -0.05) is 36.2 Å². The minimum absolute atomic E-state index is 0.0920. The highest BCUT2D eigenvalue weighted by Gasteiger charge is 2.17. The average molecular weight is 395 g/mol. The first-order valence-electron chi connectivity index (χ1n) is 8.13. The van der Waals surface area contributed by atoms with E-state index >= 15 is 0 Å². The van der Waals surface area contributed by atoms with Crippen LogP contribution in [-0.2, 0) is 9.59 Å². The van der Waals surface area contributed by atoms with Gasteiger partial charge in [-0.3, -0.25) is 9.59 Å². The Morgan fingerprint density at radius 1 is 1.12 bits per heavy atom. The average Bonchev–Trinajstić information content (AvgIpc) is 2.60. The van der Waals surface area contributed by atoms with Crippen LogP contribution in [0.3, 0.4) is 0 Å². The van der Waals surface area contributed by atoms with Crippen LogP contribution in [0.15, 0.2) is 36.4 Å². The second-order valence-electron chi connectivity index (χ2n) is 5.76. The summed E-state index contributed by atoms with van der Waals surface area (Å²) in [6.45, 7) is 5.27. The first-order valence-corrected chi connectivity index (χ1v) is 8.88. The maximum atomic E-state index is 12.4. The molecule has 0 saturated carbocycles. The lowest BCUT2D eigenvalue weighted by atomic mass is 10.1. The molecule has 2 N–H and O–H groups in total. The highest BCUT2D eigenvalue weighted by Crippen LogP contribution is 2.28. The number of ether oxygens (including phenoxy) is 1. The highest BCUT2D eigenvalue weighted by atomic mass is 35.5. The topological polar surface area (TPSA) is 67.4 Å². The smallest absolute Gasteiger partial charge is 0.265 e. The summed E-state index contributed by atoms with van der Waals surface area (Å²) in [4.78, 5) is 24.0. The first kappa shape index (κ1) is 20.1. The van der Waals surface area contributed by atoms with Gasteiger partial charge in [0.2, 0.25) is 5.91 Å². The van der Waals surface area contributed by atoms with E-state index in [1.807, 2.05) is 13.0 Å². The van der Waals surface area contributed by atoms with Gasteiger partial charge in [0.1, 0.15) is 5.75 Å². The zero-order chi connectivity index (χ0) is 19.3. The Bertz CT molecular complexity index is 824. The summed E-state index contributed by atoms with van der Waals surface area (Å²) in [6.07, 6.45) is -0.397. The molecule has 0 aliphatic carbocycles. The van der Waals surface area contributed by atoms with Gasteiger partial charge in [0, 0.05) is 22.8 Å². The van der Waals surface area contributed by atoms with E-state index < -0.39 is 6.10 Å². The van der Waals surface area contributed by atoms with Crippen molar-refractivity contribution in [2.24, 2.45) is 0 Å². The summed E-state index contributed by atoms with van der Waals surface area (Å²) in [7, 11) is 0. The van der Waals surface area contributed by atoms with Crippen molar-refractivity contribution in [1.29, 1.82) is 0 Å². The van der Waals surface area contributed by atoms with E-state index in [1.165, 1.54) is 0 Å². The molecule has 2 amide bonds. The van der Waals surface area contributed by atoms with Crippen molar-refractivity contribution in [2.75, 3.05) is 10.6 Å². The molecule has 0 bridgehead atoms. The number of carbonyl (C=O) groups excluding carboxylic acids is 2. The van der Waals surface area contributed by atoms with Crippen molar-refractivity contribution in [3.63, 3.8) is 0 Å². The maximum absolute atomic E-state index is 12.4. The summed E-state index contributed by atoms with van der Waals surface area (Å²) < 4.78 is 5.60. The minimum atomic E-state index is -0.774. The molecule has 0 fully saturated rings. The van der Waals surface area contributed by atoms with Crippen LogP contribution in [0.1, 0.15) is 25.8 Å². The molecule has 0 saturated heterocycles. The van der Waals surface area contributed by atoms with Crippen molar-refractivity contribution in [3.8, 4) is 5.75 Å². The van der Waals surface area contributed by atoms with Gasteiger partial charge >= 0.3 is 0 Å². The molecule has 2 aromatic rings. The van der Waals surface area contributed by atoms with E-state index in [0.29, 0.717) is 33.6 Å². The van der Waals surface area contributed by atoms with Gasteiger partial charge in [0.15, 0.2) is 6.10 Å². The third-order valence-corrected chi connectivity index (χ3v) is 4.20. The summed E-state index contributed by atoms with van der Waals surface area (Å²) >= 11 is 11.9. The molecular weight excluding hydrogens is 375 g/mol. The lowest BCUT2D eigenvalue weighted by Crippen LogP contribution is -2.30. The molecule has 0 heterocycles. The van der Waals surface area contributed by atoms with Crippen LogP contribution in [0.4, 0.5) is 11.4 Å². The van der Waals surface area contributed by atoms with E-state index in [-0.39, 0.29) is 11.8 Å². The lowest BCUT2D eigenvalue weighted by molar-refractivity contribution is -0.122. The Balaban J connectivity index is 2.06. The molecule has 138 valence electrons. The SMILES string of the molecule is CCC(=O)Nc1cc(NC(=O)C(C)Oc2ccc(Cl)cc2Cl)ccc1C. The first-order chi connectivity index (χ1) is 12.3. The van der Waals surface area contributed by atoms with E-state index in [2.05, 4.69) is 10.6 Å². The number of carbonyl (C=O) groups is 2. The summed E-state index contributed by atoms with van der Waals surface area (Å²) in [5.41, 5.74) is 2.12. The summed E-state index contributed by atoms with van der Waals surface area (Å²) in [5.74, 6) is -0.0585. The van der Waals surface area contributed by atoms with Gasteiger partial charge in [-0.2, -0.15) is 0 Å². The maximum Gasteiger partial charge on any atom is 0.265 e. The van der Waals surface area contributed by atoms with E-state index in [4.69, 9.17) is 27.9 Å². The van der Waals surface area contributed by atoms with E-state index in [0.717, 1.165) is 5.56 Å². The fourth-order valence-electron chi connectivity index (χ4n) is 2.13. The van der Waals surface area contributed by atoms with Crippen molar-refractivity contribution in [2.45, 2.75) is 33.3 Å². The Hall–Kier alpha value is -2.24. The molecule has 1 unspecified atom stereocenters. The summed E-state index contributed by atoms with van der Waals surface area (Å²) in [5, 5.41) is 6.39. The minimum Gasteiger partial charge on any atom is -0.479 e. The van der Waals surface area contributed by atoms with Crippen molar-refractivity contribution < 1.29 is 14.3 Å². The molecule has 5 nitrogen and oxygen atoms in total. The predicted molar refractivity (Wildman–Crippen MR) is 105 cm³/mol. The second-order valence-corrected chi connectivity index (χ2v) is 6.60. The third-order valence-electron chi connectivity index (χ3n) is 3.67. The zero-order valence-electron chi connectivity index (χ0n) is 14.7. The number of anilines is 2. The van der Waals surface area contributed by atoms with Crippen molar-refractivity contribution >= 4 is 46.4 Å². The molecule has 0 aliphatic heterocycles. The van der Waals surface area contributed by atoms with Crippen LogP contribution in [0.5, 0.6) is 5.75 Å². The zero-order valence-corrected chi connectivity index (χ0v) is 16.2. The lowest BCUT2D eigenvalue weighted by Gasteiger charge is -2.16. The molecule has 26 heavy (non-hydrogen) atoms. The Morgan fingerprint density at radius 3 is 2.50 bits per heavy atom. The molecule has 1 atom stereocenters. The van der Waals surface area contributed by atoms with Crippen LogP contribution < -0.4 is 15.4 Å². The molecule has 2 rings (SSSR count). The molecule has 2 aromatic carbocycles. The number of hydrogen-bond acceptors (Lipinski definition) is 3. The third kappa shape index (κ3) is 5.38. The molecule has 0 spiro atoms. The fourth-order valence-corrected chi connectivity index (χ4v) is 2.58. The van der Waals surface area contributed by atoms with E-state index in [1.54, 1.807) is 44.2 Å². The normalized spacial score (nSPS) is 11.6. The summed E-state index contributed by atoms with van der Waals surface area (Å²) in [6, 6.07) is 10.1. The van der Waals surface area contributed by atoms with Crippen LogP contribution in [-0.4, -0.2) is 17.9 Å². The Labute approximate surface area is 162 Å². The molecule has 0 radical (unpaired) electrons. The monoisotopic (exact) mass is 394 g/mol.